The SMILES string of the molecule is CSc1ccc(C=C2c3ccc(F)cc3C(=CC(=O)O)C2C)cc1. The molecule has 0 fully saturated rings. The number of halogens is 1. The second kappa shape index (κ2) is 6.65. The molecule has 0 radical (unpaired) electrons. The van der Waals surface area contributed by atoms with Crippen LogP contribution in [0.4, 0.5) is 4.39 Å². The molecule has 0 aromatic heterocycles. The molecular weight excluding hydrogens is 323 g/mol. The molecule has 0 saturated heterocycles. The van der Waals surface area contributed by atoms with Crippen molar-refractivity contribution >= 4 is 35.0 Å². The van der Waals surface area contributed by atoms with Crippen molar-refractivity contribution in [2.24, 2.45) is 5.92 Å². The van der Waals surface area contributed by atoms with E-state index >= 15 is 0 Å². The van der Waals surface area contributed by atoms with Crippen LogP contribution in [0.5, 0.6) is 0 Å². The van der Waals surface area contributed by atoms with E-state index in [1.165, 1.54) is 23.1 Å². The lowest BCUT2D eigenvalue weighted by molar-refractivity contribution is -0.131. The van der Waals surface area contributed by atoms with E-state index in [0.29, 0.717) is 11.1 Å². The first-order chi connectivity index (χ1) is 11.5. The number of aliphatic carboxylic acids is 1. The first-order valence-electron chi connectivity index (χ1n) is 7.60. The topological polar surface area (TPSA) is 37.3 Å². The van der Waals surface area contributed by atoms with Crippen LogP contribution in [0.25, 0.3) is 17.2 Å². The van der Waals surface area contributed by atoms with Gasteiger partial charge in [-0.25, -0.2) is 9.18 Å². The van der Waals surface area contributed by atoms with E-state index in [1.807, 2.05) is 31.4 Å². The van der Waals surface area contributed by atoms with Gasteiger partial charge in [0.2, 0.25) is 0 Å². The maximum atomic E-state index is 13.6. The third-order valence-corrected chi connectivity index (χ3v) is 5.00. The Labute approximate surface area is 144 Å². The molecule has 2 aromatic rings. The molecule has 1 N–H and O–H groups in total. The molecule has 2 aromatic carbocycles. The van der Waals surface area contributed by atoms with Crippen LogP contribution >= 0.6 is 11.8 Å². The molecule has 24 heavy (non-hydrogen) atoms. The maximum Gasteiger partial charge on any atom is 0.328 e. The number of allylic oxidation sites excluding steroid dienone is 2. The normalized spacial score (nSPS) is 19.7. The molecule has 1 atom stereocenters. The summed E-state index contributed by atoms with van der Waals surface area (Å²) in [6, 6.07) is 12.7. The van der Waals surface area contributed by atoms with E-state index in [2.05, 4.69) is 12.1 Å². The van der Waals surface area contributed by atoms with Crippen molar-refractivity contribution in [3.8, 4) is 0 Å². The highest BCUT2D eigenvalue weighted by atomic mass is 32.2. The van der Waals surface area contributed by atoms with Gasteiger partial charge in [-0.1, -0.05) is 31.2 Å². The highest BCUT2D eigenvalue weighted by molar-refractivity contribution is 7.98. The zero-order valence-corrected chi connectivity index (χ0v) is 14.2. The Hall–Kier alpha value is -2.33. The Morgan fingerprint density at radius 1 is 1.12 bits per heavy atom. The molecule has 0 saturated carbocycles. The van der Waals surface area contributed by atoms with Crippen molar-refractivity contribution in [3.05, 3.63) is 71.0 Å². The second-order valence-corrected chi connectivity index (χ2v) is 6.60. The number of fused-ring (bicyclic) bond motifs is 1. The zero-order chi connectivity index (χ0) is 17.3. The number of carboxylic acids is 1. The minimum Gasteiger partial charge on any atom is -0.478 e. The average Bonchev–Trinajstić information content (AvgIpc) is 2.80. The summed E-state index contributed by atoms with van der Waals surface area (Å²) in [7, 11) is 0. The van der Waals surface area contributed by atoms with Crippen LogP contribution in [0.3, 0.4) is 0 Å². The highest BCUT2D eigenvalue weighted by Crippen LogP contribution is 2.46. The fourth-order valence-corrected chi connectivity index (χ4v) is 3.47. The van der Waals surface area contributed by atoms with Crippen molar-refractivity contribution in [1.82, 2.24) is 0 Å². The molecule has 0 bridgehead atoms. The van der Waals surface area contributed by atoms with Crippen molar-refractivity contribution in [2.45, 2.75) is 11.8 Å². The number of benzene rings is 2. The van der Waals surface area contributed by atoms with Crippen LogP contribution in [0, 0.1) is 11.7 Å². The molecule has 1 unspecified atom stereocenters. The summed E-state index contributed by atoms with van der Waals surface area (Å²) in [4.78, 5) is 12.3. The molecule has 3 rings (SSSR count). The van der Waals surface area contributed by atoms with Gasteiger partial charge in [-0.15, -0.1) is 11.8 Å². The Balaban J connectivity index is 2.11. The average molecular weight is 340 g/mol. The van der Waals surface area contributed by atoms with Gasteiger partial charge in [0.15, 0.2) is 0 Å². The minimum atomic E-state index is -1.02. The van der Waals surface area contributed by atoms with E-state index in [4.69, 9.17) is 5.11 Å². The molecule has 1 aliphatic carbocycles. The van der Waals surface area contributed by atoms with E-state index < -0.39 is 5.97 Å². The first-order valence-corrected chi connectivity index (χ1v) is 8.82. The van der Waals surface area contributed by atoms with Crippen LogP contribution in [-0.4, -0.2) is 17.3 Å². The Morgan fingerprint density at radius 3 is 2.46 bits per heavy atom. The standard InChI is InChI=1S/C20H17FO2S/c1-12-17(9-13-3-6-15(24-2)7-4-13)16-8-5-14(21)10-19(16)18(12)11-20(22)23/h3-12H,1-2H3,(H,22,23). The van der Waals surface area contributed by atoms with E-state index in [1.54, 1.807) is 17.8 Å². The van der Waals surface area contributed by atoms with Crippen LogP contribution in [0.1, 0.15) is 23.6 Å². The summed E-state index contributed by atoms with van der Waals surface area (Å²) < 4.78 is 13.6. The van der Waals surface area contributed by atoms with Gasteiger partial charge in [0.1, 0.15) is 5.82 Å². The lowest BCUT2D eigenvalue weighted by Gasteiger charge is -2.08. The first kappa shape index (κ1) is 16.5. The quantitative estimate of drug-likeness (QED) is 0.616. The fraction of sp³-hybridized carbons (Fsp3) is 0.150. The minimum absolute atomic E-state index is 0.0990. The maximum absolute atomic E-state index is 13.6. The number of thioether (sulfide) groups is 1. The lowest BCUT2D eigenvalue weighted by Crippen LogP contribution is -1.96. The summed E-state index contributed by atoms with van der Waals surface area (Å²) in [5, 5.41) is 9.13. The van der Waals surface area contributed by atoms with E-state index in [0.717, 1.165) is 16.7 Å². The lowest BCUT2D eigenvalue weighted by atomic mass is 9.96. The van der Waals surface area contributed by atoms with Gasteiger partial charge in [-0.2, -0.15) is 0 Å². The molecule has 1 aliphatic rings. The molecule has 2 nitrogen and oxygen atoms in total. The summed E-state index contributed by atoms with van der Waals surface area (Å²) in [5.74, 6) is -1.47. The third-order valence-electron chi connectivity index (χ3n) is 4.25. The van der Waals surface area contributed by atoms with Crippen LogP contribution < -0.4 is 0 Å². The summed E-state index contributed by atoms with van der Waals surface area (Å²) >= 11 is 1.68. The summed E-state index contributed by atoms with van der Waals surface area (Å²) in [6.45, 7) is 1.95. The van der Waals surface area contributed by atoms with Gasteiger partial charge >= 0.3 is 5.97 Å². The van der Waals surface area contributed by atoms with Crippen molar-refractivity contribution in [2.75, 3.05) is 6.26 Å². The monoisotopic (exact) mass is 340 g/mol. The predicted molar refractivity (Wildman–Crippen MR) is 97.3 cm³/mol. The zero-order valence-electron chi connectivity index (χ0n) is 13.4. The van der Waals surface area contributed by atoms with E-state index in [-0.39, 0.29) is 11.7 Å². The highest BCUT2D eigenvalue weighted by Gasteiger charge is 2.29. The number of hydrogen-bond acceptors (Lipinski definition) is 2. The molecule has 0 spiro atoms. The summed E-state index contributed by atoms with van der Waals surface area (Å²) in [5.41, 5.74) is 4.25. The number of hydrogen-bond donors (Lipinski definition) is 1. The Kier molecular flexibility index (Phi) is 4.58. The molecular formula is C20H17FO2S. The van der Waals surface area contributed by atoms with Crippen molar-refractivity contribution < 1.29 is 14.3 Å². The smallest absolute Gasteiger partial charge is 0.328 e. The Morgan fingerprint density at radius 2 is 1.83 bits per heavy atom. The predicted octanol–water partition coefficient (Wildman–Crippen LogP) is 5.21. The number of carbonyl (C=O) groups is 1. The van der Waals surface area contributed by atoms with Crippen LogP contribution in [-0.2, 0) is 4.79 Å². The largest absolute Gasteiger partial charge is 0.478 e. The van der Waals surface area contributed by atoms with Gasteiger partial charge in [0.25, 0.3) is 0 Å². The molecule has 0 heterocycles. The second-order valence-electron chi connectivity index (χ2n) is 5.72. The molecule has 0 amide bonds. The molecule has 0 aliphatic heterocycles. The van der Waals surface area contributed by atoms with Crippen molar-refractivity contribution in [3.63, 3.8) is 0 Å². The van der Waals surface area contributed by atoms with Crippen molar-refractivity contribution in [1.29, 1.82) is 0 Å². The Bertz CT molecular complexity index is 850. The fourth-order valence-electron chi connectivity index (χ4n) is 3.06. The third kappa shape index (κ3) is 3.15. The van der Waals surface area contributed by atoms with Gasteiger partial charge in [0, 0.05) is 16.9 Å². The van der Waals surface area contributed by atoms with Gasteiger partial charge in [-0.3, -0.25) is 0 Å². The van der Waals surface area contributed by atoms with E-state index in [9.17, 15) is 9.18 Å². The van der Waals surface area contributed by atoms with Gasteiger partial charge < -0.3 is 5.11 Å². The van der Waals surface area contributed by atoms with Gasteiger partial charge in [0.05, 0.1) is 0 Å². The molecule has 4 heteroatoms. The van der Waals surface area contributed by atoms with Crippen LogP contribution in [0.2, 0.25) is 0 Å². The number of carboxylic acid groups (broad SMARTS) is 1. The number of rotatable bonds is 3. The van der Waals surface area contributed by atoms with Crippen LogP contribution in [0.15, 0.2) is 53.4 Å². The van der Waals surface area contributed by atoms with Gasteiger partial charge in [-0.05, 0) is 58.4 Å². The molecule has 122 valence electrons. The summed E-state index contributed by atoms with van der Waals surface area (Å²) in [6.07, 6.45) is 5.26.